The highest BCUT2D eigenvalue weighted by Gasteiger charge is 2.36. The SMILES string of the molecule is COCCCN1CCOc2ccc(CO[C@H]3CNC[C@@H](OC[C@@H](O)COC)[C@@H]3c3ccc(C#N)cc3)cc21. The normalized spacial score (nSPS) is 21.8. The number of aliphatic hydroxyl groups is 1. The quantitative estimate of drug-likeness (QED) is 0.382. The Bertz CT molecular complexity index is 1040. The van der Waals surface area contributed by atoms with Crippen LogP contribution in [0.3, 0.4) is 0 Å². The number of aliphatic hydroxyl groups excluding tert-OH is 1. The van der Waals surface area contributed by atoms with Crippen molar-refractivity contribution in [3.63, 3.8) is 0 Å². The molecular weight excluding hydrogens is 486 g/mol. The van der Waals surface area contributed by atoms with Gasteiger partial charge in [-0.25, -0.2) is 0 Å². The molecule has 2 N–H and O–H groups in total. The highest BCUT2D eigenvalue weighted by molar-refractivity contribution is 5.61. The number of ether oxygens (including phenoxy) is 5. The average molecular weight is 526 g/mol. The summed E-state index contributed by atoms with van der Waals surface area (Å²) in [7, 11) is 3.28. The summed E-state index contributed by atoms with van der Waals surface area (Å²) in [5, 5.41) is 22.8. The Hall–Kier alpha value is -2.71. The van der Waals surface area contributed by atoms with Gasteiger partial charge in [-0.1, -0.05) is 18.2 Å². The van der Waals surface area contributed by atoms with Crippen molar-refractivity contribution in [2.75, 3.05) is 71.7 Å². The van der Waals surface area contributed by atoms with E-state index in [1.165, 1.54) is 0 Å². The predicted molar refractivity (Wildman–Crippen MR) is 144 cm³/mol. The van der Waals surface area contributed by atoms with E-state index in [4.69, 9.17) is 23.7 Å². The lowest BCUT2D eigenvalue weighted by atomic mass is 9.85. The fourth-order valence-electron chi connectivity index (χ4n) is 5.11. The number of nitriles is 1. The summed E-state index contributed by atoms with van der Waals surface area (Å²) in [6.45, 7) is 5.30. The van der Waals surface area contributed by atoms with E-state index in [1.807, 2.05) is 30.3 Å². The second-order valence-corrected chi connectivity index (χ2v) is 9.73. The summed E-state index contributed by atoms with van der Waals surface area (Å²) < 4.78 is 28.9. The van der Waals surface area contributed by atoms with Crippen LogP contribution in [0, 0.1) is 11.3 Å². The van der Waals surface area contributed by atoms with Crippen molar-refractivity contribution in [1.82, 2.24) is 5.32 Å². The molecule has 0 aliphatic carbocycles. The first kappa shape index (κ1) is 28.3. The van der Waals surface area contributed by atoms with Crippen LogP contribution in [0.1, 0.15) is 29.0 Å². The van der Waals surface area contributed by atoms with Crippen LogP contribution in [0.25, 0.3) is 0 Å². The molecule has 0 aromatic heterocycles. The highest BCUT2D eigenvalue weighted by Crippen LogP contribution is 2.34. The van der Waals surface area contributed by atoms with E-state index in [0.29, 0.717) is 31.9 Å². The number of hydrogen-bond donors (Lipinski definition) is 2. The van der Waals surface area contributed by atoms with Crippen LogP contribution in [-0.4, -0.2) is 90.2 Å². The maximum Gasteiger partial charge on any atom is 0.142 e. The van der Waals surface area contributed by atoms with Crippen molar-refractivity contribution in [2.45, 2.75) is 37.3 Å². The van der Waals surface area contributed by atoms with Gasteiger partial charge in [-0.3, -0.25) is 0 Å². The molecular formula is C29H39N3O6. The first-order valence-electron chi connectivity index (χ1n) is 13.2. The minimum atomic E-state index is -0.701. The Morgan fingerprint density at radius 1 is 1.08 bits per heavy atom. The van der Waals surface area contributed by atoms with Gasteiger partial charge in [0, 0.05) is 46.4 Å². The molecule has 2 aliphatic heterocycles. The number of benzene rings is 2. The monoisotopic (exact) mass is 525 g/mol. The molecule has 2 heterocycles. The van der Waals surface area contributed by atoms with Gasteiger partial charge in [0.1, 0.15) is 18.5 Å². The van der Waals surface area contributed by atoms with Crippen molar-refractivity contribution in [3.05, 3.63) is 59.2 Å². The summed E-state index contributed by atoms with van der Waals surface area (Å²) in [6, 6.07) is 16.0. The van der Waals surface area contributed by atoms with E-state index in [-0.39, 0.29) is 31.3 Å². The van der Waals surface area contributed by atoms with Gasteiger partial charge in [0.05, 0.1) is 55.9 Å². The predicted octanol–water partition coefficient (Wildman–Crippen LogP) is 2.46. The van der Waals surface area contributed by atoms with Crippen LogP contribution in [-0.2, 0) is 25.6 Å². The van der Waals surface area contributed by atoms with E-state index < -0.39 is 6.10 Å². The van der Waals surface area contributed by atoms with Gasteiger partial charge in [-0.2, -0.15) is 5.26 Å². The van der Waals surface area contributed by atoms with E-state index in [9.17, 15) is 10.4 Å². The minimum Gasteiger partial charge on any atom is -0.490 e. The first-order valence-corrected chi connectivity index (χ1v) is 13.2. The van der Waals surface area contributed by atoms with Crippen LogP contribution in [0.5, 0.6) is 5.75 Å². The molecule has 1 fully saturated rings. The van der Waals surface area contributed by atoms with Crippen molar-refractivity contribution in [3.8, 4) is 11.8 Å². The lowest BCUT2D eigenvalue weighted by Crippen LogP contribution is -2.51. The molecule has 4 rings (SSSR count). The lowest BCUT2D eigenvalue weighted by molar-refractivity contribution is -0.0856. The van der Waals surface area contributed by atoms with Gasteiger partial charge >= 0.3 is 0 Å². The zero-order valence-corrected chi connectivity index (χ0v) is 22.3. The molecule has 0 spiro atoms. The molecule has 2 aliphatic rings. The number of anilines is 1. The van der Waals surface area contributed by atoms with Gasteiger partial charge in [0.25, 0.3) is 0 Å². The topological polar surface area (TPSA) is 105 Å². The number of fused-ring (bicyclic) bond motifs is 1. The molecule has 0 saturated carbocycles. The van der Waals surface area contributed by atoms with Gasteiger partial charge in [0.15, 0.2) is 0 Å². The molecule has 2 aromatic carbocycles. The third kappa shape index (κ3) is 7.44. The van der Waals surface area contributed by atoms with E-state index in [1.54, 1.807) is 14.2 Å². The average Bonchev–Trinajstić information content (AvgIpc) is 2.95. The maximum atomic E-state index is 10.2. The molecule has 0 radical (unpaired) electrons. The fourth-order valence-corrected chi connectivity index (χ4v) is 5.11. The van der Waals surface area contributed by atoms with Gasteiger partial charge < -0.3 is 39.0 Å². The molecule has 1 saturated heterocycles. The molecule has 9 nitrogen and oxygen atoms in total. The van der Waals surface area contributed by atoms with Gasteiger partial charge in [0.2, 0.25) is 0 Å². The second-order valence-electron chi connectivity index (χ2n) is 9.73. The number of hydrogen-bond acceptors (Lipinski definition) is 9. The Morgan fingerprint density at radius 2 is 1.87 bits per heavy atom. The Kier molecular flexibility index (Phi) is 10.8. The zero-order chi connectivity index (χ0) is 26.7. The Morgan fingerprint density at radius 3 is 2.61 bits per heavy atom. The molecule has 0 amide bonds. The van der Waals surface area contributed by atoms with Crippen molar-refractivity contribution in [2.24, 2.45) is 0 Å². The third-order valence-corrected chi connectivity index (χ3v) is 7.00. The third-order valence-electron chi connectivity index (χ3n) is 7.00. The van der Waals surface area contributed by atoms with Crippen molar-refractivity contribution >= 4 is 5.69 Å². The van der Waals surface area contributed by atoms with E-state index in [0.717, 1.165) is 48.7 Å². The lowest BCUT2D eigenvalue weighted by Gasteiger charge is -2.39. The summed E-state index contributed by atoms with van der Waals surface area (Å²) in [5.74, 6) is 0.834. The molecule has 9 heteroatoms. The summed E-state index contributed by atoms with van der Waals surface area (Å²) >= 11 is 0. The van der Waals surface area contributed by atoms with Crippen LogP contribution in [0.4, 0.5) is 5.69 Å². The largest absolute Gasteiger partial charge is 0.490 e. The molecule has 4 atom stereocenters. The van der Waals surface area contributed by atoms with Crippen molar-refractivity contribution < 1.29 is 28.8 Å². The van der Waals surface area contributed by atoms with Gasteiger partial charge in [-0.05, 0) is 41.8 Å². The van der Waals surface area contributed by atoms with Crippen LogP contribution in [0.15, 0.2) is 42.5 Å². The minimum absolute atomic E-state index is 0.0646. The molecule has 0 unspecified atom stereocenters. The second kappa shape index (κ2) is 14.4. The molecule has 0 bridgehead atoms. The molecule has 2 aromatic rings. The Labute approximate surface area is 225 Å². The van der Waals surface area contributed by atoms with Crippen LogP contribution in [0.2, 0.25) is 0 Å². The number of rotatable bonds is 13. The number of nitrogens with one attached hydrogen (secondary N) is 1. The number of nitrogens with zero attached hydrogens (tertiary/aromatic N) is 2. The zero-order valence-electron chi connectivity index (χ0n) is 22.3. The fraction of sp³-hybridized carbons (Fsp3) is 0.552. The number of methoxy groups -OCH3 is 2. The first-order chi connectivity index (χ1) is 18.6. The van der Waals surface area contributed by atoms with Crippen LogP contribution >= 0.6 is 0 Å². The van der Waals surface area contributed by atoms with Gasteiger partial charge in [-0.15, -0.1) is 0 Å². The summed E-state index contributed by atoms with van der Waals surface area (Å²) in [5.41, 5.74) is 3.82. The maximum absolute atomic E-state index is 10.2. The van der Waals surface area contributed by atoms with Crippen LogP contribution < -0.4 is 15.0 Å². The van der Waals surface area contributed by atoms with E-state index in [2.05, 4.69) is 28.4 Å². The number of piperidine rings is 1. The van der Waals surface area contributed by atoms with Crippen molar-refractivity contribution in [1.29, 1.82) is 5.26 Å². The smallest absolute Gasteiger partial charge is 0.142 e. The standard InChI is InChI=1S/C29H39N3O6/c1-34-12-3-10-32-11-13-36-26-9-6-22(14-25(26)32)18-37-27-16-31-17-28(38-20-24(33)19-35-2)29(27)23-7-4-21(15-30)5-8-23/h4-9,14,24,27-29,31,33H,3,10-13,16-20H2,1-2H3/t24-,27-,28+,29+/m0/s1. The Balaban J connectivity index is 1.48. The summed E-state index contributed by atoms with van der Waals surface area (Å²) in [4.78, 5) is 2.35. The molecule has 38 heavy (non-hydrogen) atoms. The van der Waals surface area contributed by atoms with E-state index >= 15 is 0 Å². The highest BCUT2D eigenvalue weighted by atomic mass is 16.5. The summed E-state index contributed by atoms with van der Waals surface area (Å²) in [6.07, 6.45) is -0.114. The molecule has 206 valence electrons.